The van der Waals surface area contributed by atoms with Crippen molar-refractivity contribution in [1.82, 2.24) is 0 Å². The van der Waals surface area contributed by atoms with Gasteiger partial charge < -0.3 is 0 Å². The zero-order chi connectivity index (χ0) is 18.6. The molecule has 1 fully saturated rings. The van der Waals surface area contributed by atoms with Gasteiger partial charge in [-0.1, -0.05) is 0 Å². The predicted molar refractivity (Wildman–Crippen MR) is 102 cm³/mol. The summed E-state index contributed by atoms with van der Waals surface area (Å²) < 4.78 is 7.28. The van der Waals surface area contributed by atoms with Gasteiger partial charge in [0.1, 0.15) is 0 Å². The topological polar surface area (TPSA) is 66.8 Å². The molecule has 5 heteroatoms. The molecule has 2 N–H and O–H groups in total. The molecular formula is C21H24O4Se. The first kappa shape index (κ1) is 19.1. The van der Waals surface area contributed by atoms with Crippen LogP contribution in [0, 0.1) is 5.92 Å². The van der Waals surface area contributed by atoms with E-state index in [2.05, 4.69) is 6.07 Å². The van der Waals surface area contributed by atoms with Crippen LogP contribution in [0.1, 0.15) is 37.0 Å². The van der Waals surface area contributed by atoms with E-state index in [0.717, 1.165) is 20.9 Å². The number of benzene rings is 2. The van der Waals surface area contributed by atoms with E-state index in [0.29, 0.717) is 12.8 Å². The van der Waals surface area contributed by atoms with Gasteiger partial charge in [-0.15, -0.1) is 0 Å². The van der Waals surface area contributed by atoms with Crippen molar-refractivity contribution >= 4 is 25.4 Å². The van der Waals surface area contributed by atoms with Crippen molar-refractivity contribution < 1.29 is 19.7 Å². The summed E-state index contributed by atoms with van der Waals surface area (Å²) in [6.07, 6.45) is 0.707. The van der Waals surface area contributed by atoms with Gasteiger partial charge in [-0.2, -0.15) is 0 Å². The van der Waals surface area contributed by atoms with Gasteiger partial charge >= 0.3 is 160 Å². The van der Waals surface area contributed by atoms with E-state index in [1.54, 1.807) is 0 Å². The van der Waals surface area contributed by atoms with E-state index in [-0.39, 0.29) is 21.6 Å². The summed E-state index contributed by atoms with van der Waals surface area (Å²) in [4.78, 5) is 11.5. The number of carboxylic acid groups (broad SMARTS) is 1. The van der Waals surface area contributed by atoms with Crippen LogP contribution in [-0.2, 0) is 15.1 Å². The molecule has 0 radical (unpaired) electrons. The Balaban J connectivity index is 1.86. The molecular weight excluding hydrogens is 395 g/mol. The predicted octanol–water partition coefficient (Wildman–Crippen LogP) is 2.89. The molecule has 1 aliphatic heterocycles. The molecule has 0 unspecified atom stereocenters. The molecule has 0 amide bonds. The Morgan fingerprint density at radius 1 is 1.23 bits per heavy atom. The zero-order valence-electron chi connectivity index (χ0n) is 14.8. The van der Waals surface area contributed by atoms with Gasteiger partial charge in [0.15, 0.2) is 0 Å². The number of hydrogen-bond donors (Lipinski definition) is 2. The molecule has 3 rings (SSSR count). The molecule has 0 aromatic heterocycles. The van der Waals surface area contributed by atoms with Gasteiger partial charge in [0.05, 0.1) is 0 Å². The third-order valence-electron chi connectivity index (χ3n) is 4.91. The minimum atomic E-state index is -0.794. The van der Waals surface area contributed by atoms with Crippen LogP contribution in [0.5, 0.6) is 0 Å². The molecule has 2 aromatic carbocycles. The molecule has 1 aliphatic rings. The van der Waals surface area contributed by atoms with Gasteiger partial charge in [0.2, 0.25) is 0 Å². The van der Waals surface area contributed by atoms with Crippen LogP contribution in [-0.4, -0.2) is 37.7 Å². The summed E-state index contributed by atoms with van der Waals surface area (Å²) in [6, 6.07) is 17.9. The third-order valence-corrected chi connectivity index (χ3v) is 7.63. The van der Waals surface area contributed by atoms with Crippen molar-refractivity contribution in [3.63, 3.8) is 0 Å². The van der Waals surface area contributed by atoms with E-state index in [1.807, 2.05) is 55.5 Å². The van der Waals surface area contributed by atoms with Gasteiger partial charge in [-0.05, 0) is 0 Å². The molecule has 138 valence electrons. The molecule has 0 saturated carbocycles. The molecule has 0 aliphatic carbocycles. The third kappa shape index (κ3) is 4.02. The van der Waals surface area contributed by atoms with E-state index in [4.69, 9.17) is 4.74 Å². The molecule has 1 saturated heterocycles. The summed E-state index contributed by atoms with van der Waals surface area (Å²) in [6.45, 7) is 2.22. The zero-order valence-corrected chi connectivity index (χ0v) is 16.5. The molecule has 26 heavy (non-hydrogen) atoms. The first-order valence-electron chi connectivity index (χ1n) is 8.88. The van der Waals surface area contributed by atoms with Crippen LogP contribution in [0.2, 0.25) is 5.32 Å². The number of carboxylic acids is 1. The fraction of sp³-hybridized carbons (Fsp3) is 0.381. The van der Waals surface area contributed by atoms with E-state index in [9.17, 15) is 15.0 Å². The monoisotopic (exact) mass is 420 g/mol. The quantitative estimate of drug-likeness (QED) is 0.678. The van der Waals surface area contributed by atoms with Gasteiger partial charge in [0.25, 0.3) is 0 Å². The van der Waals surface area contributed by atoms with Crippen molar-refractivity contribution in [2.45, 2.75) is 36.8 Å². The Kier molecular flexibility index (Phi) is 6.15. The average Bonchev–Trinajstić information content (AvgIpc) is 3.13. The molecule has 2 aromatic rings. The van der Waals surface area contributed by atoms with E-state index in [1.165, 1.54) is 0 Å². The summed E-state index contributed by atoms with van der Waals surface area (Å²) >= 11 is 0.0655. The molecule has 1 heterocycles. The van der Waals surface area contributed by atoms with Gasteiger partial charge in [-0.3, -0.25) is 0 Å². The second kappa shape index (κ2) is 8.36. The van der Waals surface area contributed by atoms with Crippen LogP contribution < -0.4 is 4.46 Å². The number of carbonyl (C=O) groups is 1. The summed E-state index contributed by atoms with van der Waals surface area (Å²) in [5, 5.41) is 20.5. The standard InChI is InChI=1S/C21H24O4Se/c1-2-18(22)17-10-6-7-11-19(17)26-14-21(16-8-4-3-5-9-16)12-15(13-25-21)20(23)24/h3-11,15,18,22H,2,12-14H2,1H3,(H,23,24)/t15-,18+,21+/m1/s1. The fourth-order valence-corrected chi connectivity index (χ4v) is 6.09. The number of aliphatic carboxylic acids is 1. The average molecular weight is 419 g/mol. The van der Waals surface area contributed by atoms with Crippen LogP contribution in [0.25, 0.3) is 0 Å². The summed E-state index contributed by atoms with van der Waals surface area (Å²) in [5.41, 5.74) is 1.46. The Morgan fingerprint density at radius 2 is 1.92 bits per heavy atom. The maximum atomic E-state index is 11.5. The Hall–Kier alpha value is -1.65. The van der Waals surface area contributed by atoms with E-state index >= 15 is 0 Å². The number of aliphatic hydroxyl groups excluding tert-OH is 1. The molecule has 0 bridgehead atoms. The Labute approximate surface area is 160 Å². The molecule has 3 atom stereocenters. The van der Waals surface area contributed by atoms with Crippen LogP contribution in [0.3, 0.4) is 0 Å². The van der Waals surface area contributed by atoms with Crippen LogP contribution in [0.15, 0.2) is 54.6 Å². The van der Waals surface area contributed by atoms with Gasteiger partial charge in [0, 0.05) is 0 Å². The van der Waals surface area contributed by atoms with Crippen molar-refractivity contribution in [3.05, 3.63) is 65.7 Å². The van der Waals surface area contributed by atoms with E-state index < -0.39 is 23.6 Å². The maximum absolute atomic E-state index is 11.5. The summed E-state index contributed by atoms with van der Waals surface area (Å²) in [7, 11) is 0. The minimum absolute atomic E-state index is 0.0655. The van der Waals surface area contributed by atoms with Crippen LogP contribution in [0.4, 0.5) is 0 Å². The van der Waals surface area contributed by atoms with Gasteiger partial charge in [-0.25, -0.2) is 0 Å². The van der Waals surface area contributed by atoms with Crippen molar-refractivity contribution in [2.75, 3.05) is 6.61 Å². The van der Waals surface area contributed by atoms with Crippen molar-refractivity contribution in [3.8, 4) is 0 Å². The summed E-state index contributed by atoms with van der Waals surface area (Å²) in [5.74, 6) is -1.26. The molecule has 4 nitrogen and oxygen atoms in total. The Morgan fingerprint density at radius 3 is 2.58 bits per heavy atom. The second-order valence-corrected chi connectivity index (χ2v) is 8.80. The first-order chi connectivity index (χ1) is 12.6. The number of aliphatic hydroxyl groups is 1. The van der Waals surface area contributed by atoms with Crippen molar-refractivity contribution in [1.29, 1.82) is 0 Å². The second-order valence-electron chi connectivity index (χ2n) is 6.66. The first-order valence-corrected chi connectivity index (χ1v) is 10.9. The fourth-order valence-electron chi connectivity index (χ4n) is 3.36. The number of hydrogen-bond acceptors (Lipinski definition) is 3. The number of rotatable bonds is 7. The number of ether oxygens (including phenoxy) is 1. The molecule has 0 spiro atoms. The normalized spacial score (nSPS) is 23.7. The SMILES string of the molecule is CC[C@H](O)c1ccccc1[Se]C[C@]1(c2ccccc2)C[C@@H](C(=O)O)CO1. The van der Waals surface area contributed by atoms with Crippen LogP contribution >= 0.6 is 0 Å². The van der Waals surface area contributed by atoms with Crippen molar-refractivity contribution in [2.24, 2.45) is 5.92 Å². The Bertz CT molecular complexity index is 749.